The third-order valence-corrected chi connectivity index (χ3v) is 4.48. The number of hydrogen-bond acceptors (Lipinski definition) is 10. The molecule has 1 heterocycles. The third kappa shape index (κ3) is 4.16. The van der Waals surface area contributed by atoms with Crippen molar-refractivity contribution in [2.45, 2.75) is 67.8 Å². The molecule has 1 aliphatic carbocycles. The fourth-order valence-corrected chi connectivity index (χ4v) is 3.17. The van der Waals surface area contributed by atoms with E-state index in [9.17, 15) is 10.2 Å². The predicted molar refractivity (Wildman–Crippen MR) is 84.4 cm³/mol. The van der Waals surface area contributed by atoms with Crippen LogP contribution in [0.5, 0.6) is 0 Å². The Balaban J connectivity index is 2.05. The van der Waals surface area contributed by atoms with Gasteiger partial charge < -0.3 is 52.5 Å². The van der Waals surface area contributed by atoms with Gasteiger partial charge in [0.15, 0.2) is 6.29 Å². The van der Waals surface area contributed by atoms with Crippen molar-refractivity contribution >= 4 is 0 Å². The molecule has 24 heavy (non-hydrogen) atoms. The Morgan fingerprint density at radius 2 is 1.71 bits per heavy atom. The van der Waals surface area contributed by atoms with Crippen LogP contribution in [0.3, 0.4) is 0 Å². The monoisotopic (exact) mass is 348 g/mol. The SMILES string of the molecule is NC[C@H]1O[C@H](O[C@H]2[C@H](O)[C@@H](O/C=C\O)[C@H](N)C[C@@H]2N)[C@H](N)C[C@@H]1O. The second kappa shape index (κ2) is 8.41. The Hall–Kier alpha value is -0.980. The summed E-state index contributed by atoms with van der Waals surface area (Å²) in [4.78, 5) is 0. The highest BCUT2D eigenvalue weighted by molar-refractivity contribution is 5.00. The largest absolute Gasteiger partial charge is 0.512 e. The summed E-state index contributed by atoms with van der Waals surface area (Å²) >= 11 is 0. The van der Waals surface area contributed by atoms with E-state index in [2.05, 4.69) is 0 Å². The van der Waals surface area contributed by atoms with E-state index in [-0.39, 0.29) is 13.0 Å². The molecule has 1 saturated carbocycles. The van der Waals surface area contributed by atoms with Gasteiger partial charge in [0.2, 0.25) is 0 Å². The minimum Gasteiger partial charge on any atom is -0.512 e. The standard InChI is InChI=1S/C14H28N4O6/c15-5-10-9(20)4-8(18)14(23-10)24-13-7(17)3-6(16)12(11(13)21)22-2-1-19/h1-2,6-14,19-21H,3-5,15-18H2/b2-1-/t6-,7+,8-,9+,10-,11-,12+,13-,14-/m1/s1. The van der Waals surface area contributed by atoms with Crippen LogP contribution in [0.4, 0.5) is 0 Å². The number of ether oxygens (including phenoxy) is 3. The van der Waals surface area contributed by atoms with E-state index in [1.807, 2.05) is 0 Å². The maximum absolute atomic E-state index is 10.5. The molecule has 0 radical (unpaired) electrons. The molecule has 10 nitrogen and oxygen atoms in total. The van der Waals surface area contributed by atoms with Gasteiger partial charge in [-0.25, -0.2) is 0 Å². The molecule has 0 bridgehead atoms. The third-order valence-electron chi connectivity index (χ3n) is 4.48. The van der Waals surface area contributed by atoms with E-state index in [4.69, 9.17) is 42.3 Å². The van der Waals surface area contributed by atoms with Gasteiger partial charge in [-0.2, -0.15) is 0 Å². The summed E-state index contributed by atoms with van der Waals surface area (Å²) in [6.07, 6.45) is -2.65. The topological polar surface area (TPSA) is 192 Å². The number of aliphatic hydroxyl groups excluding tert-OH is 3. The van der Waals surface area contributed by atoms with Crippen LogP contribution in [0.25, 0.3) is 0 Å². The van der Waals surface area contributed by atoms with Gasteiger partial charge in [-0.15, -0.1) is 0 Å². The lowest BCUT2D eigenvalue weighted by atomic mass is 9.84. The molecule has 0 amide bonds. The summed E-state index contributed by atoms with van der Waals surface area (Å²) in [6, 6.07) is -1.66. The highest BCUT2D eigenvalue weighted by atomic mass is 16.7. The van der Waals surface area contributed by atoms with Gasteiger partial charge in [-0.05, 0) is 12.8 Å². The minimum absolute atomic E-state index is 0.116. The Kier molecular flexibility index (Phi) is 6.78. The summed E-state index contributed by atoms with van der Waals surface area (Å²) in [7, 11) is 0. The summed E-state index contributed by atoms with van der Waals surface area (Å²) < 4.78 is 16.6. The van der Waals surface area contributed by atoms with Crippen molar-refractivity contribution in [2.24, 2.45) is 22.9 Å². The lowest BCUT2D eigenvalue weighted by molar-refractivity contribution is -0.268. The van der Waals surface area contributed by atoms with E-state index in [0.717, 1.165) is 6.26 Å². The van der Waals surface area contributed by atoms with E-state index in [1.165, 1.54) is 0 Å². The second-order valence-electron chi connectivity index (χ2n) is 6.29. The second-order valence-corrected chi connectivity index (χ2v) is 6.29. The van der Waals surface area contributed by atoms with E-state index in [1.54, 1.807) is 0 Å². The molecule has 0 aromatic rings. The van der Waals surface area contributed by atoms with E-state index in [0.29, 0.717) is 12.7 Å². The van der Waals surface area contributed by atoms with Crippen molar-refractivity contribution in [2.75, 3.05) is 6.54 Å². The molecule has 10 heteroatoms. The van der Waals surface area contributed by atoms with Crippen LogP contribution in [0.2, 0.25) is 0 Å². The summed E-state index contributed by atoms with van der Waals surface area (Å²) in [5.41, 5.74) is 23.5. The first-order chi connectivity index (χ1) is 11.4. The van der Waals surface area contributed by atoms with Gasteiger partial charge in [0.1, 0.15) is 30.8 Å². The average molecular weight is 348 g/mol. The molecule has 2 fully saturated rings. The molecule has 140 valence electrons. The fourth-order valence-electron chi connectivity index (χ4n) is 3.17. The maximum Gasteiger partial charge on any atom is 0.173 e. The van der Waals surface area contributed by atoms with Gasteiger partial charge >= 0.3 is 0 Å². The Morgan fingerprint density at radius 3 is 2.33 bits per heavy atom. The van der Waals surface area contributed by atoms with Gasteiger partial charge in [0.05, 0.1) is 18.2 Å². The van der Waals surface area contributed by atoms with Crippen LogP contribution < -0.4 is 22.9 Å². The molecule has 2 aliphatic rings. The van der Waals surface area contributed by atoms with E-state index < -0.39 is 54.9 Å². The Morgan fingerprint density at radius 1 is 1.04 bits per heavy atom. The van der Waals surface area contributed by atoms with Gasteiger partial charge in [0.25, 0.3) is 0 Å². The zero-order valence-corrected chi connectivity index (χ0v) is 13.3. The quantitative estimate of drug-likeness (QED) is 0.251. The molecule has 0 spiro atoms. The first kappa shape index (κ1) is 19.3. The number of nitrogens with two attached hydrogens (primary N) is 4. The lowest BCUT2D eigenvalue weighted by Crippen LogP contribution is -2.65. The molecule has 0 unspecified atom stereocenters. The zero-order valence-electron chi connectivity index (χ0n) is 13.3. The van der Waals surface area contributed by atoms with Gasteiger partial charge in [-0.1, -0.05) is 0 Å². The van der Waals surface area contributed by atoms with Crippen molar-refractivity contribution in [1.29, 1.82) is 0 Å². The normalized spacial score (nSPS) is 47.0. The summed E-state index contributed by atoms with van der Waals surface area (Å²) in [5.74, 6) is 0. The highest BCUT2D eigenvalue weighted by Crippen LogP contribution is 2.28. The first-order valence-corrected chi connectivity index (χ1v) is 7.97. The number of hydrogen-bond donors (Lipinski definition) is 7. The first-order valence-electron chi connectivity index (χ1n) is 7.97. The molecular formula is C14H28N4O6. The fraction of sp³-hybridized carbons (Fsp3) is 0.857. The molecule has 0 aromatic carbocycles. The molecule has 1 saturated heterocycles. The lowest BCUT2D eigenvalue weighted by Gasteiger charge is -2.45. The molecular weight excluding hydrogens is 320 g/mol. The zero-order chi connectivity index (χ0) is 17.9. The van der Waals surface area contributed by atoms with Crippen LogP contribution in [0.1, 0.15) is 12.8 Å². The van der Waals surface area contributed by atoms with Crippen LogP contribution in [-0.4, -0.2) is 76.8 Å². The predicted octanol–water partition coefficient (Wildman–Crippen LogP) is -3.03. The summed E-state index contributed by atoms with van der Waals surface area (Å²) in [6.45, 7) is 0.116. The number of aliphatic hydroxyl groups is 3. The molecule has 9 atom stereocenters. The van der Waals surface area contributed by atoms with Crippen LogP contribution in [-0.2, 0) is 14.2 Å². The minimum atomic E-state index is -1.14. The van der Waals surface area contributed by atoms with Crippen molar-refractivity contribution < 1.29 is 29.5 Å². The van der Waals surface area contributed by atoms with Crippen LogP contribution in [0.15, 0.2) is 12.5 Å². The van der Waals surface area contributed by atoms with Crippen LogP contribution in [0, 0.1) is 0 Å². The van der Waals surface area contributed by atoms with Crippen molar-refractivity contribution in [3.8, 4) is 0 Å². The summed E-state index contributed by atoms with van der Waals surface area (Å²) in [5, 5.41) is 29.1. The molecule has 11 N–H and O–H groups in total. The highest BCUT2D eigenvalue weighted by Gasteiger charge is 2.46. The Labute approximate surface area is 140 Å². The van der Waals surface area contributed by atoms with Gasteiger partial charge in [0, 0.05) is 18.6 Å². The number of rotatable bonds is 5. The molecule has 2 rings (SSSR count). The maximum atomic E-state index is 10.5. The van der Waals surface area contributed by atoms with Crippen molar-refractivity contribution in [1.82, 2.24) is 0 Å². The van der Waals surface area contributed by atoms with Crippen LogP contribution >= 0.6 is 0 Å². The van der Waals surface area contributed by atoms with Gasteiger partial charge in [-0.3, -0.25) is 0 Å². The smallest absolute Gasteiger partial charge is 0.173 e. The van der Waals surface area contributed by atoms with Crippen molar-refractivity contribution in [3.63, 3.8) is 0 Å². The average Bonchev–Trinajstić information content (AvgIpc) is 2.53. The molecule has 0 aromatic heterocycles. The van der Waals surface area contributed by atoms with E-state index >= 15 is 0 Å². The molecule has 1 aliphatic heterocycles. The Bertz CT molecular complexity index is 428. The van der Waals surface area contributed by atoms with Crippen molar-refractivity contribution in [3.05, 3.63) is 12.5 Å².